The molecule has 0 fully saturated rings. The molecule has 0 unspecified atom stereocenters. The first-order valence-electron chi connectivity index (χ1n) is 4.79. The van der Waals surface area contributed by atoms with Crippen LogP contribution in [0.5, 0.6) is 0 Å². The Morgan fingerprint density at radius 1 is 1.47 bits per heavy atom. The molecule has 1 aromatic rings. The van der Waals surface area contributed by atoms with E-state index in [1.165, 1.54) is 5.56 Å². The lowest BCUT2D eigenvalue weighted by atomic mass is 10.0. The summed E-state index contributed by atoms with van der Waals surface area (Å²) in [5.41, 5.74) is 5.58. The van der Waals surface area contributed by atoms with E-state index in [1.807, 2.05) is 31.2 Å². The van der Waals surface area contributed by atoms with Gasteiger partial charge in [0, 0.05) is 6.42 Å². The van der Waals surface area contributed by atoms with E-state index in [9.17, 15) is 4.79 Å². The number of hydrazone groups is 1. The van der Waals surface area contributed by atoms with Crippen molar-refractivity contribution in [1.82, 2.24) is 5.43 Å². The van der Waals surface area contributed by atoms with Crippen molar-refractivity contribution in [1.29, 1.82) is 0 Å². The molecule has 0 aliphatic carbocycles. The van der Waals surface area contributed by atoms with Crippen LogP contribution in [0, 0.1) is 6.92 Å². The van der Waals surface area contributed by atoms with Gasteiger partial charge >= 0.3 is 5.97 Å². The second-order valence-electron chi connectivity index (χ2n) is 3.65. The third kappa shape index (κ3) is 1.98. The molecular formula is C11H12N2O2. The number of hydrogen-bond acceptors (Lipinski definition) is 3. The topological polar surface area (TPSA) is 61.7 Å². The predicted octanol–water partition coefficient (Wildman–Crippen LogP) is 1.15. The van der Waals surface area contributed by atoms with Gasteiger partial charge in [0.1, 0.15) is 6.04 Å². The third-order valence-electron chi connectivity index (χ3n) is 2.44. The molecule has 2 N–H and O–H groups in total. The van der Waals surface area contributed by atoms with Gasteiger partial charge in [-0.05, 0) is 12.5 Å². The molecule has 0 amide bonds. The molecule has 0 radical (unpaired) electrons. The molecule has 1 aromatic carbocycles. The van der Waals surface area contributed by atoms with E-state index >= 15 is 0 Å². The first-order valence-corrected chi connectivity index (χ1v) is 4.79. The first kappa shape index (κ1) is 9.71. The number of hydrogen-bond donors (Lipinski definition) is 2. The van der Waals surface area contributed by atoms with Crippen LogP contribution in [0.2, 0.25) is 0 Å². The minimum atomic E-state index is -0.860. The summed E-state index contributed by atoms with van der Waals surface area (Å²) in [6, 6.07) is 7.32. The maximum atomic E-state index is 10.7. The number of aliphatic carboxylic acids is 1. The highest BCUT2D eigenvalue weighted by Crippen LogP contribution is 2.12. The van der Waals surface area contributed by atoms with E-state index in [2.05, 4.69) is 10.5 Å². The molecular weight excluding hydrogens is 192 g/mol. The van der Waals surface area contributed by atoms with Gasteiger partial charge in [0.2, 0.25) is 0 Å². The number of rotatable bonds is 2. The summed E-state index contributed by atoms with van der Waals surface area (Å²) in [6.45, 7) is 2.01. The number of carbonyl (C=O) groups is 1. The van der Waals surface area contributed by atoms with Gasteiger partial charge in [-0.3, -0.25) is 5.43 Å². The summed E-state index contributed by atoms with van der Waals surface area (Å²) < 4.78 is 0. The standard InChI is InChI=1S/C11H12N2O2/c1-7-2-4-8(5-3-7)9-6-10(11(14)15)13-12-9/h2-5,10,13H,6H2,1H3,(H,14,15)/t10-/m0/s1. The Labute approximate surface area is 87.6 Å². The molecule has 0 saturated heterocycles. The summed E-state index contributed by atoms with van der Waals surface area (Å²) >= 11 is 0. The minimum absolute atomic E-state index is 0.443. The third-order valence-corrected chi connectivity index (χ3v) is 2.44. The molecule has 0 bridgehead atoms. The maximum Gasteiger partial charge on any atom is 0.328 e. The van der Waals surface area contributed by atoms with Gasteiger partial charge in [-0.25, -0.2) is 4.79 Å². The summed E-state index contributed by atoms with van der Waals surface area (Å²) in [5.74, 6) is -0.860. The Kier molecular flexibility index (Phi) is 2.41. The van der Waals surface area contributed by atoms with Crippen molar-refractivity contribution in [2.75, 3.05) is 0 Å². The molecule has 15 heavy (non-hydrogen) atoms. The zero-order valence-corrected chi connectivity index (χ0v) is 8.40. The van der Waals surface area contributed by atoms with Crippen LogP contribution < -0.4 is 5.43 Å². The second-order valence-corrected chi connectivity index (χ2v) is 3.65. The number of nitrogens with one attached hydrogen (secondary N) is 1. The Morgan fingerprint density at radius 2 is 2.13 bits per heavy atom. The summed E-state index contributed by atoms with van der Waals surface area (Å²) in [4.78, 5) is 10.7. The summed E-state index contributed by atoms with van der Waals surface area (Å²) in [7, 11) is 0. The number of benzene rings is 1. The fourth-order valence-electron chi connectivity index (χ4n) is 1.51. The highest BCUT2D eigenvalue weighted by molar-refractivity contribution is 6.04. The molecule has 4 nitrogen and oxygen atoms in total. The van der Waals surface area contributed by atoms with E-state index in [-0.39, 0.29) is 0 Å². The van der Waals surface area contributed by atoms with Crippen molar-refractivity contribution in [2.24, 2.45) is 5.10 Å². The number of carboxylic acids is 1. The van der Waals surface area contributed by atoms with Gasteiger partial charge in [-0.2, -0.15) is 5.10 Å². The van der Waals surface area contributed by atoms with Crippen LogP contribution >= 0.6 is 0 Å². The highest BCUT2D eigenvalue weighted by Gasteiger charge is 2.25. The van der Waals surface area contributed by atoms with Crippen molar-refractivity contribution in [3.05, 3.63) is 35.4 Å². The number of aryl methyl sites for hydroxylation is 1. The van der Waals surface area contributed by atoms with Crippen molar-refractivity contribution in [3.8, 4) is 0 Å². The van der Waals surface area contributed by atoms with Crippen LogP contribution in [0.25, 0.3) is 0 Å². The molecule has 1 aliphatic rings. The second kappa shape index (κ2) is 3.73. The van der Waals surface area contributed by atoms with Gasteiger partial charge in [0.05, 0.1) is 5.71 Å². The van der Waals surface area contributed by atoms with Gasteiger partial charge in [0.15, 0.2) is 0 Å². The van der Waals surface area contributed by atoms with Crippen LogP contribution in [0.15, 0.2) is 29.4 Å². The highest BCUT2D eigenvalue weighted by atomic mass is 16.4. The Morgan fingerprint density at radius 3 is 2.67 bits per heavy atom. The average Bonchev–Trinajstić information content (AvgIpc) is 2.68. The molecule has 0 spiro atoms. The molecule has 0 saturated carbocycles. The van der Waals surface area contributed by atoms with E-state index in [0.29, 0.717) is 6.42 Å². The zero-order chi connectivity index (χ0) is 10.8. The normalized spacial score (nSPS) is 19.5. The van der Waals surface area contributed by atoms with Crippen LogP contribution in [0.1, 0.15) is 17.5 Å². The first-order chi connectivity index (χ1) is 7.16. The lowest BCUT2D eigenvalue weighted by Crippen LogP contribution is -2.29. The Bertz CT molecular complexity index is 409. The van der Waals surface area contributed by atoms with Gasteiger partial charge in [0.25, 0.3) is 0 Å². The smallest absolute Gasteiger partial charge is 0.328 e. The van der Waals surface area contributed by atoms with Gasteiger partial charge in [-0.15, -0.1) is 0 Å². The molecule has 0 aromatic heterocycles. The van der Waals surface area contributed by atoms with E-state index < -0.39 is 12.0 Å². The number of nitrogens with zero attached hydrogens (tertiary/aromatic N) is 1. The van der Waals surface area contributed by atoms with Crippen molar-refractivity contribution < 1.29 is 9.90 Å². The predicted molar refractivity (Wildman–Crippen MR) is 56.9 cm³/mol. The van der Waals surface area contributed by atoms with Gasteiger partial charge < -0.3 is 5.11 Å². The molecule has 1 aliphatic heterocycles. The van der Waals surface area contributed by atoms with E-state index in [1.54, 1.807) is 0 Å². The SMILES string of the molecule is Cc1ccc(C2=NN[C@H](C(=O)O)C2)cc1. The average molecular weight is 204 g/mol. The summed E-state index contributed by atoms with van der Waals surface area (Å²) in [5, 5.41) is 12.8. The molecule has 78 valence electrons. The molecule has 4 heteroatoms. The van der Waals surface area contributed by atoms with Crippen LogP contribution in [-0.2, 0) is 4.79 Å². The monoisotopic (exact) mass is 204 g/mol. The maximum absolute atomic E-state index is 10.7. The number of carboxylic acid groups (broad SMARTS) is 1. The van der Waals surface area contributed by atoms with Gasteiger partial charge in [-0.1, -0.05) is 29.8 Å². The van der Waals surface area contributed by atoms with Crippen molar-refractivity contribution >= 4 is 11.7 Å². The summed E-state index contributed by atoms with van der Waals surface area (Å²) in [6.07, 6.45) is 0.443. The Balaban J connectivity index is 2.14. The van der Waals surface area contributed by atoms with Crippen molar-refractivity contribution in [3.63, 3.8) is 0 Å². The van der Waals surface area contributed by atoms with E-state index in [0.717, 1.165) is 11.3 Å². The van der Waals surface area contributed by atoms with Crippen LogP contribution in [-0.4, -0.2) is 22.8 Å². The molecule has 1 atom stereocenters. The minimum Gasteiger partial charge on any atom is -0.480 e. The van der Waals surface area contributed by atoms with Crippen LogP contribution in [0.4, 0.5) is 0 Å². The quantitative estimate of drug-likeness (QED) is 0.759. The largest absolute Gasteiger partial charge is 0.480 e. The lowest BCUT2D eigenvalue weighted by molar-refractivity contribution is -0.139. The Hall–Kier alpha value is -1.84. The zero-order valence-electron chi connectivity index (χ0n) is 8.40. The molecule has 2 rings (SSSR count). The van der Waals surface area contributed by atoms with Crippen LogP contribution in [0.3, 0.4) is 0 Å². The lowest BCUT2D eigenvalue weighted by Gasteiger charge is -2.02. The van der Waals surface area contributed by atoms with Crippen molar-refractivity contribution in [2.45, 2.75) is 19.4 Å². The fourth-order valence-corrected chi connectivity index (χ4v) is 1.51. The molecule has 1 heterocycles. The van der Waals surface area contributed by atoms with E-state index in [4.69, 9.17) is 5.11 Å². The fraction of sp³-hybridized carbons (Fsp3) is 0.273.